The molecular formula is C17H20FNO2. The number of nitrogens with one attached hydrogen (secondary N) is 1. The van der Waals surface area contributed by atoms with E-state index >= 15 is 0 Å². The third-order valence-electron chi connectivity index (χ3n) is 4.60. The maximum absolute atomic E-state index is 13.2. The number of ketones is 1. The molecule has 21 heavy (non-hydrogen) atoms. The van der Waals surface area contributed by atoms with E-state index in [1.54, 1.807) is 12.1 Å². The van der Waals surface area contributed by atoms with Crippen molar-refractivity contribution in [2.24, 2.45) is 11.3 Å². The van der Waals surface area contributed by atoms with Gasteiger partial charge in [0.2, 0.25) is 5.78 Å². The summed E-state index contributed by atoms with van der Waals surface area (Å²) in [5.41, 5.74) is 0.0668. The molecule has 0 spiro atoms. The van der Waals surface area contributed by atoms with E-state index in [9.17, 15) is 9.18 Å². The molecule has 1 aliphatic rings. The number of rotatable bonds is 3. The Kier molecular flexibility index (Phi) is 3.57. The fourth-order valence-electron chi connectivity index (χ4n) is 3.10. The van der Waals surface area contributed by atoms with E-state index in [-0.39, 0.29) is 11.6 Å². The molecule has 0 bridgehead atoms. The number of piperidine rings is 1. The molecule has 1 saturated heterocycles. The minimum absolute atomic E-state index is 0.00666. The van der Waals surface area contributed by atoms with Crippen molar-refractivity contribution in [3.05, 3.63) is 35.8 Å². The van der Waals surface area contributed by atoms with E-state index in [0.717, 1.165) is 25.9 Å². The lowest BCUT2D eigenvalue weighted by atomic mass is 9.71. The number of Topliss-reactive ketones (excluding diaryl/α,β-unsaturated/α-hetero) is 1. The van der Waals surface area contributed by atoms with Crippen LogP contribution in [0.1, 0.15) is 37.2 Å². The van der Waals surface area contributed by atoms with Crippen molar-refractivity contribution >= 4 is 16.8 Å². The van der Waals surface area contributed by atoms with E-state index in [1.165, 1.54) is 12.1 Å². The predicted molar refractivity (Wildman–Crippen MR) is 79.9 cm³/mol. The molecule has 4 heteroatoms. The van der Waals surface area contributed by atoms with Crippen LogP contribution in [0, 0.1) is 17.2 Å². The Labute approximate surface area is 123 Å². The van der Waals surface area contributed by atoms with Gasteiger partial charge in [-0.25, -0.2) is 4.39 Å². The van der Waals surface area contributed by atoms with E-state index in [0.29, 0.717) is 22.6 Å². The third-order valence-corrected chi connectivity index (χ3v) is 4.60. The first-order valence-electron chi connectivity index (χ1n) is 7.43. The van der Waals surface area contributed by atoms with Crippen molar-refractivity contribution < 1.29 is 13.6 Å². The molecule has 112 valence electrons. The molecule has 1 N–H and O–H groups in total. The molecule has 3 nitrogen and oxygen atoms in total. The van der Waals surface area contributed by atoms with Gasteiger partial charge in [0.15, 0.2) is 5.76 Å². The Hall–Kier alpha value is -1.68. The molecule has 3 rings (SSSR count). The van der Waals surface area contributed by atoms with Crippen LogP contribution >= 0.6 is 0 Å². The lowest BCUT2D eigenvalue weighted by Gasteiger charge is -2.35. The zero-order valence-corrected chi connectivity index (χ0v) is 12.4. The molecule has 1 fully saturated rings. The minimum Gasteiger partial charge on any atom is -0.453 e. The van der Waals surface area contributed by atoms with Crippen molar-refractivity contribution in [3.63, 3.8) is 0 Å². The molecule has 0 saturated carbocycles. The van der Waals surface area contributed by atoms with Gasteiger partial charge in [0.1, 0.15) is 11.4 Å². The Morgan fingerprint density at radius 2 is 2.19 bits per heavy atom. The van der Waals surface area contributed by atoms with Gasteiger partial charge in [-0.2, -0.15) is 0 Å². The number of fused-ring (bicyclic) bond motifs is 1. The number of hydrogen-bond donors (Lipinski definition) is 1. The Bertz CT molecular complexity index is 668. The second-order valence-electron chi connectivity index (χ2n) is 6.39. The Morgan fingerprint density at radius 3 is 2.90 bits per heavy atom. The smallest absolute Gasteiger partial charge is 0.203 e. The molecule has 0 aliphatic carbocycles. The van der Waals surface area contributed by atoms with Gasteiger partial charge >= 0.3 is 0 Å². The second kappa shape index (κ2) is 5.26. The number of carbonyl (C=O) groups excluding carboxylic acids is 1. The highest BCUT2D eigenvalue weighted by molar-refractivity contribution is 6.01. The van der Waals surface area contributed by atoms with Gasteiger partial charge in [-0.3, -0.25) is 4.79 Å². The summed E-state index contributed by atoms with van der Waals surface area (Å²) in [7, 11) is 0. The summed E-state index contributed by atoms with van der Waals surface area (Å²) in [6.07, 6.45) is 2.13. The molecule has 0 radical (unpaired) electrons. The number of furan rings is 1. The first-order valence-corrected chi connectivity index (χ1v) is 7.43. The average molecular weight is 289 g/mol. The lowest BCUT2D eigenvalue weighted by Crippen LogP contribution is -2.42. The van der Waals surface area contributed by atoms with Crippen LogP contribution in [0.25, 0.3) is 11.0 Å². The highest BCUT2D eigenvalue weighted by atomic mass is 19.1. The van der Waals surface area contributed by atoms with Crippen LogP contribution < -0.4 is 5.32 Å². The zero-order chi connectivity index (χ0) is 15.0. The summed E-state index contributed by atoms with van der Waals surface area (Å²) in [6.45, 7) is 5.82. The van der Waals surface area contributed by atoms with E-state index < -0.39 is 5.41 Å². The minimum atomic E-state index is -0.486. The summed E-state index contributed by atoms with van der Waals surface area (Å²) in [6, 6.07) is 5.95. The van der Waals surface area contributed by atoms with Gasteiger partial charge in [0.25, 0.3) is 0 Å². The largest absolute Gasteiger partial charge is 0.453 e. The fraction of sp³-hybridized carbons (Fsp3) is 0.471. The normalized spacial score (nSPS) is 19.9. The maximum atomic E-state index is 13.2. The van der Waals surface area contributed by atoms with Gasteiger partial charge < -0.3 is 9.73 Å². The number of benzene rings is 1. The van der Waals surface area contributed by atoms with E-state index in [4.69, 9.17) is 4.42 Å². The summed E-state index contributed by atoms with van der Waals surface area (Å²) >= 11 is 0. The quantitative estimate of drug-likeness (QED) is 0.874. The van der Waals surface area contributed by atoms with Crippen molar-refractivity contribution in [2.45, 2.75) is 26.7 Å². The molecule has 2 heterocycles. The molecule has 1 aliphatic heterocycles. The monoisotopic (exact) mass is 289 g/mol. The van der Waals surface area contributed by atoms with E-state index in [1.807, 2.05) is 13.8 Å². The highest BCUT2D eigenvalue weighted by Gasteiger charge is 2.39. The van der Waals surface area contributed by atoms with Crippen LogP contribution in [-0.4, -0.2) is 18.9 Å². The predicted octanol–water partition coefficient (Wildman–Crippen LogP) is 3.78. The fourth-order valence-corrected chi connectivity index (χ4v) is 3.10. The van der Waals surface area contributed by atoms with Crippen LogP contribution in [-0.2, 0) is 0 Å². The standard InChI is InChI=1S/C17H20FNO2/c1-17(2,12-4-3-7-19-10-12)16(20)15-9-11-8-13(18)5-6-14(11)21-15/h5-6,8-9,12,19H,3-4,7,10H2,1-2H3. The van der Waals surface area contributed by atoms with Crippen molar-refractivity contribution in [2.75, 3.05) is 13.1 Å². The van der Waals surface area contributed by atoms with Gasteiger partial charge in [-0.05, 0) is 56.1 Å². The zero-order valence-electron chi connectivity index (χ0n) is 12.4. The summed E-state index contributed by atoms with van der Waals surface area (Å²) in [4.78, 5) is 12.8. The lowest BCUT2D eigenvalue weighted by molar-refractivity contribution is 0.0680. The first-order chi connectivity index (χ1) is 9.98. The SMILES string of the molecule is CC(C)(C(=O)c1cc2cc(F)ccc2o1)C1CCCNC1. The number of carbonyl (C=O) groups is 1. The van der Waals surface area contributed by atoms with Crippen molar-refractivity contribution in [1.29, 1.82) is 0 Å². The highest BCUT2D eigenvalue weighted by Crippen LogP contribution is 2.36. The van der Waals surface area contributed by atoms with Crippen molar-refractivity contribution in [1.82, 2.24) is 5.32 Å². The third kappa shape index (κ3) is 2.60. The summed E-state index contributed by atoms with van der Waals surface area (Å²) < 4.78 is 18.9. The molecule has 1 unspecified atom stereocenters. The summed E-state index contributed by atoms with van der Waals surface area (Å²) in [5.74, 6) is 0.292. The topological polar surface area (TPSA) is 42.2 Å². The average Bonchev–Trinajstić information content (AvgIpc) is 2.90. The number of hydrogen-bond acceptors (Lipinski definition) is 3. The molecule has 1 aromatic carbocycles. The molecule has 1 atom stereocenters. The van der Waals surface area contributed by atoms with Gasteiger partial charge in [0.05, 0.1) is 0 Å². The molecule has 0 amide bonds. The Balaban J connectivity index is 1.91. The summed E-state index contributed by atoms with van der Waals surface area (Å²) in [5, 5.41) is 3.98. The van der Waals surface area contributed by atoms with Crippen LogP contribution in [0.4, 0.5) is 4.39 Å². The molecule has 1 aromatic heterocycles. The first kappa shape index (κ1) is 14.3. The van der Waals surface area contributed by atoms with Crippen molar-refractivity contribution in [3.8, 4) is 0 Å². The Morgan fingerprint density at radius 1 is 1.38 bits per heavy atom. The van der Waals surface area contributed by atoms with Gasteiger partial charge in [0, 0.05) is 10.8 Å². The van der Waals surface area contributed by atoms with Crippen LogP contribution in [0.3, 0.4) is 0 Å². The second-order valence-corrected chi connectivity index (χ2v) is 6.39. The van der Waals surface area contributed by atoms with Gasteiger partial charge in [-0.15, -0.1) is 0 Å². The van der Waals surface area contributed by atoms with Crippen LogP contribution in [0.15, 0.2) is 28.7 Å². The molecule has 2 aromatic rings. The van der Waals surface area contributed by atoms with Crippen LogP contribution in [0.2, 0.25) is 0 Å². The molecular weight excluding hydrogens is 269 g/mol. The van der Waals surface area contributed by atoms with Gasteiger partial charge in [-0.1, -0.05) is 13.8 Å². The number of halogens is 1. The van der Waals surface area contributed by atoms with Crippen LogP contribution in [0.5, 0.6) is 0 Å². The maximum Gasteiger partial charge on any atom is 0.203 e. The van der Waals surface area contributed by atoms with E-state index in [2.05, 4.69) is 5.32 Å².